The van der Waals surface area contributed by atoms with Gasteiger partial charge in [-0.25, -0.2) is 9.67 Å². The Morgan fingerprint density at radius 3 is 2.08 bits per heavy atom. The molecule has 0 bridgehead atoms. The minimum Gasteiger partial charge on any atom is -0.374 e. The summed E-state index contributed by atoms with van der Waals surface area (Å²) in [6.45, 7) is 0. The minimum atomic E-state index is -5.78. The fourth-order valence-electron chi connectivity index (χ4n) is 3.68. The number of aromatic nitrogens is 4. The molecule has 0 saturated heterocycles. The van der Waals surface area contributed by atoms with Crippen LogP contribution in [-0.2, 0) is 22.8 Å². The monoisotopic (exact) mass is 520 g/mol. The van der Waals surface area contributed by atoms with E-state index in [4.69, 9.17) is 0 Å². The van der Waals surface area contributed by atoms with Gasteiger partial charge in [0.1, 0.15) is 18.7 Å². The van der Waals surface area contributed by atoms with Gasteiger partial charge < -0.3 is 4.84 Å². The van der Waals surface area contributed by atoms with Crippen LogP contribution in [0.25, 0.3) is 5.69 Å². The highest BCUT2D eigenvalue weighted by Gasteiger charge is 2.66. The highest BCUT2D eigenvalue weighted by atomic mass is 19.4. The first-order valence-electron chi connectivity index (χ1n) is 9.53. The van der Waals surface area contributed by atoms with Crippen molar-refractivity contribution in [1.29, 1.82) is 5.26 Å². The van der Waals surface area contributed by atoms with Crippen LogP contribution in [0.15, 0.2) is 48.4 Å². The van der Waals surface area contributed by atoms with Gasteiger partial charge in [0.05, 0.1) is 34.5 Å². The summed E-state index contributed by atoms with van der Waals surface area (Å²) < 4.78 is 126. The maximum absolute atomic E-state index is 14.3. The minimum absolute atomic E-state index is 0.138. The highest BCUT2D eigenvalue weighted by molar-refractivity contribution is 6.02. The summed E-state index contributed by atoms with van der Waals surface area (Å²) in [4.78, 5) is 11.0. The molecule has 3 aromatic rings. The summed E-state index contributed by atoms with van der Waals surface area (Å²) in [5.74, 6) is 0. The molecule has 16 heteroatoms. The molecule has 0 spiro atoms. The predicted octanol–water partition coefficient (Wildman–Crippen LogP) is 5.15. The molecule has 1 atom stereocenters. The van der Waals surface area contributed by atoms with Gasteiger partial charge in [-0.05, 0) is 12.1 Å². The van der Waals surface area contributed by atoms with Crippen molar-refractivity contribution < 1.29 is 44.4 Å². The topological polar surface area (TPSA) is 89.0 Å². The number of benzene rings is 1. The fraction of sp³-hybridized carbons (Fsp3) is 0.250. The van der Waals surface area contributed by atoms with Crippen LogP contribution in [0.3, 0.4) is 0 Å². The standard InChI is InChI=1S/C20H9F9N6O/c21-18(22,23)12-6-31-7-13(19(24,25)26)16(12)17(20(27,28)29)4-14(34-36-17)10-1-2-15(11(3-10)5-30)35-9-32-8-33-35/h1-3,6-9H,4H2. The van der Waals surface area contributed by atoms with Crippen molar-refractivity contribution in [3.8, 4) is 11.8 Å². The summed E-state index contributed by atoms with van der Waals surface area (Å²) in [5.41, 5.74) is -11.7. The first kappa shape index (κ1) is 24.9. The molecule has 0 aliphatic carbocycles. The van der Waals surface area contributed by atoms with Gasteiger partial charge in [-0.2, -0.15) is 49.9 Å². The van der Waals surface area contributed by atoms with Crippen molar-refractivity contribution in [2.24, 2.45) is 5.16 Å². The molecule has 0 saturated carbocycles. The maximum Gasteiger partial charge on any atom is 0.435 e. The lowest BCUT2D eigenvalue weighted by Crippen LogP contribution is -2.45. The zero-order valence-electron chi connectivity index (χ0n) is 17.2. The van der Waals surface area contributed by atoms with E-state index in [1.54, 1.807) is 6.07 Å². The van der Waals surface area contributed by atoms with Gasteiger partial charge in [0, 0.05) is 23.5 Å². The molecule has 2 aromatic heterocycles. The first-order valence-corrected chi connectivity index (χ1v) is 9.53. The van der Waals surface area contributed by atoms with Crippen LogP contribution in [0.5, 0.6) is 0 Å². The maximum atomic E-state index is 14.3. The van der Waals surface area contributed by atoms with Gasteiger partial charge in [0.2, 0.25) is 0 Å². The number of rotatable bonds is 3. The van der Waals surface area contributed by atoms with E-state index in [0.29, 0.717) is 0 Å². The van der Waals surface area contributed by atoms with E-state index in [1.807, 2.05) is 0 Å². The Labute approximate surface area is 194 Å². The summed E-state index contributed by atoms with van der Waals surface area (Å²) in [6.07, 6.45) is -16.5. The molecule has 0 fully saturated rings. The van der Waals surface area contributed by atoms with E-state index in [1.165, 1.54) is 12.4 Å². The van der Waals surface area contributed by atoms with Crippen molar-refractivity contribution in [3.05, 3.63) is 71.1 Å². The van der Waals surface area contributed by atoms with Crippen LogP contribution in [0.1, 0.15) is 34.2 Å². The molecule has 0 N–H and O–H groups in total. The molecule has 1 unspecified atom stereocenters. The molecule has 4 rings (SSSR count). The molecule has 188 valence electrons. The molecule has 1 aromatic carbocycles. The number of halogens is 9. The molecule has 1 aliphatic rings. The second-order valence-corrected chi connectivity index (χ2v) is 7.42. The quantitative estimate of drug-likeness (QED) is 0.446. The van der Waals surface area contributed by atoms with E-state index >= 15 is 0 Å². The van der Waals surface area contributed by atoms with Crippen molar-refractivity contribution in [2.75, 3.05) is 0 Å². The first-order chi connectivity index (χ1) is 16.7. The van der Waals surface area contributed by atoms with Crippen LogP contribution in [0.2, 0.25) is 0 Å². The van der Waals surface area contributed by atoms with E-state index in [0.717, 1.165) is 23.1 Å². The van der Waals surface area contributed by atoms with Gasteiger partial charge in [-0.3, -0.25) is 4.98 Å². The summed E-state index contributed by atoms with van der Waals surface area (Å²) in [7, 11) is 0. The number of oxime groups is 1. The number of hydrogen-bond donors (Lipinski definition) is 0. The molecule has 0 amide bonds. The number of pyridine rings is 1. The summed E-state index contributed by atoms with van der Waals surface area (Å²) >= 11 is 0. The third kappa shape index (κ3) is 4.10. The fourth-order valence-corrected chi connectivity index (χ4v) is 3.68. The van der Waals surface area contributed by atoms with Crippen molar-refractivity contribution in [3.63, 3.8) is 0 Å². The van der Waals surface area contributed by atoms with Gasteiger partial charge in [0.25, 0.3) is 5.60 Å². The lowest BCUT2D eigenvalue weighted by Gasteiger charge is -2.33. The van der Waals surface area contributed by atoms with Gasteiger partial charge in [0.15, 0.2) is 0 Å². The van der Waals surface area contributed by atoms with Crippen molar-refractivity contribution in [2.45, 2.75) is 30.6 Å². The molecule has 0 radical (unpaired) electrons. The van der Waals surface area contributed by atoms with Crippen LogP contribution in [0, 0.1) is 11.3 Å². The van der Waals surface area contributed by atoms with Crippen molar-refractivity contribution >= 4 is 5.71 Å². The Balaban J connectivity index is 1.87. The van der Waals surface area contributed by atoms with E-state index in [2.05, 4.69) is 25.1 Å². The Morgan fingerprint density at radius 1 is 0.944 bits per heavy atom. The zero-order chi connectivity index (χ0) is 26.5. The highest BCUT2D eigenvalue weighted by Crippen LogP contribution is 2.54. The number of nitrogens with zero attached hydrogens (tertiary/aromatic N) is 6. The normalized spacial score (nSPS) is 18.5. The predicted molar refractivity (Wildman–Crippen MR) is 100 cm³/mol. The average molecular weight is 520 g/mol. The second-order valence-electron chi connectivity index (χ2n) is 7.42. The van der Waals surface area contributed by atoms with Crippen molar-refractivity contribution in [1.82, 2.24) is 19.7 Å². The lowest BCUT2D eigenvalue weighted by molar-refractivity contribution is -0.279. The number of hydrogen-bond acceptors (Lipinski definition) is 6. The zero-order valence-corrected chi connectivity index (χ0v) is 17.2. The Kier molecular flexibility index (Phi) is 5.69. The van der Waals surface area contributed by atoms with E-state index in [-0.39, 0.29) is 29.2 Å². The van der Waals surface area contributed by atoms with Crippen LogP contribution < -0.4 is 0 Å². The molecule has 3 heterocycles. The summed E-state index contributed by atoms with van der Waals surface area (Å²) in [6, 6.07) is 5.23. The number of nitriles is 1. The van der Waals surface area contributed by atoms with E-state index < -0.39 is 53.0 Å². The molecular formula is C20H9F9N6O. The second kappa shape index (κ2) is 8.21. The van der Waals surface area contributed by atoms with Crippen LogP contribution in [0.4, 0.5) is 39.5 Å². The van der Waals surface area contributed by atoms with Crippen LogP contribution >= 0.6 is 0 Å². The largest absolute Gasteiger partial charge is 0.435 e. The van der Waals surface area contributed by atoms with Gasteiger partial charge >= 0.3 is 18.5 Å². The molecule has 7 nitrogen and oxygen atoms in total. The van der Waals surface area contributed by atoms with E-state index in [9.17, 15) is 44.8 Å². The number of alkyl halides is 9. The SMILES string of the molecule is N#Cc1cc(C2=NOC(c3c(C(F)(F)F)cncc3C(F)(F)F)(C(F)(F)F)C2)ccc1-n1cncn1. The molecule has 1 aliphatic heterocycles. The lowest BCUT2D eigenvalue weighted by atomic mass is 9.81. The Morgan fingerprint density at radius 2 is 1.58 bits per heavy atom. The van der Waals surface area contributed by atoms with Crippen LogP contribution in [-0.4, -0.2) is 31.6 Å². The Bertz CT molecular complexity index is 1340. The molecular weight excluding hydrogens is 511 g/mol. The van der Waals surface area contributed by atoms with Gasteiger partial charge in [-0.1, -0.05) is 11.2 Å². The average Bonchev–Trinajstić information content (AvgIpc) is 3.47. The Hall–Kier alpha value is -4.16. The third-order valence-corrected chi connectivity index (χ3v) is 5.26. The van der Waals surface area contributed by atoms with Gasteiger partial charge in [-0.15, -0.1) is 0 Å². The molecule has 36 heavy (non-hydrogen) atoms. The third-order valence-electron chi connectivity index (χ3n) is 5.26. The summed E-state index contributed by atoms with van der Waals surface area (Å²) in [5, 5.41) is 16.5. The smallest absolute Gasteiger partial charge is 0.374 e.